The van der Waals surface area contributed by atoms with Gasteiger partial charge in [-0.05, 0) is 23.8 Å². The number of hydrogen-bond acceptors (Lipinski definition) is 3. The highest BCUT2D eigenvalue weighted by Crippen LogP contribution is 2.33. The second-order valence-electron chi connectivity index (χ2n) is 5.55. The molecule has 0 saturated carbocycles. The van der Waals surface area contributed by atoms with Gasteiger partial charge in [0.2, 0.25) is 5.91 Å². The number of halogens is 2. The molecule has 0 spiro atoms. The maximum absolute atomic E-state index is 12.5. The summed E-state index contributed by atoms with van der Waals surface area (Å²) >= 11 is 14.4. The quantitative estimate of drug-likeness (QED) is 0.821. The number of para-hydroxylation sites is 2. The number of rotatable bonds is 4. The SMILES string of the molecule is O=C(Cc1ccccc1Nc1c(Cl)cccc1Cl)N1CCSCC1. The molecule has 0 atom stereocenters. The Hall–Kier alpha value is -1.36. The summed E-state index contributed by atoms with van der Waals surface area (Å²) in [7, 11) is 0. The van der Waals surface area contributed by atoms with Gasteiger partial charge in [-0.25, -0.2) is 0 Å². The number of benzene rings is 2. The molecule has 3 rings (SSSR count). The summed E-state index contributed by atoms with van der Waals surface area (Å²) in [4.78, 5) is 14.5. The van der Waals surface area contributed by atoms with Crippen molar-refractivity contribution in [3.63, 3.8) is 0 Å². The maximum atomic E-state index is 12.5. The monoisotopic (exact) mass is 380 g/mol. The van der Waals surface area contributed by atoms with E-state index in [0.717, 1.165) is 35.8 Å². The van der Waals surface area contributed by atoms with E-state index in [4.69, 9.17) is 23.2 Å². The minimum absolute atomic E-state index is 0.162. The average Bonchev–Trinajstić information content (AvgIpc) is 2.60. The molecule has 2 aromatic rings. The van der Waals surface area contributed by atoms with E-state index >= 15 is 0 Å². The molecule has 0 aliphatic carbocycles. The Morgan fingerprint density at radius 2 is 1.71 bits per heavy atom. The van der Waals surface area contributed by atoms with Crippen LogP contribution in [0, 0.1) is 0 Å². The van der Waals surface area contributed by atoms with Crippen molar-refractivity contribution in [2.75, 3.05) is 29.9 Å². The molecule has 1 fully saturated rings. The zero-order valence-electron chi connectivity index (χ0n) is 13.1. The summed E-state index contributed by atoms with van der Waals surface area (Å²) in [5, 5.41) is 4.38. The Labute approximate surface area is 156 Å². The van der Waals surface area contributed by atoms with Crippen molar-refractivity contribution in [1.29, 1.82) is 0 Å². The molecule has 0 unspecified atom stereocenters. The molecule has 3 nitrogen and oxygen atoms in total. The third-order valence-corrected chi connectivity index (χ3v) is 5.52. The molecule has 1 N–H and O–H groups in total. The van der Waals surface area contributed by atoms with Gasteiger partial charge in [0.25, 0.3) is 0 Å². The molecule has 24 heavy (non-hydrogen) atoms. The highest BCUT2D eigenvalue weighted by atomic mass is 35.5. The summed E-state index contributed by atoms with van der Waals surface area (Å²) in [5.41, 5.74) is 2.46. The third kappa shape index (κ3) is 4.18. The van der Waals surface area contributed by atoms with Crippen LogP contribution in [-0.2, 0) is 11.2 Å². The highest BCUT2D eigenvalue weighted by molar-refractivity contribution is 7.99. The first-order valence-electron chi connectivity index (χ1n) is 7.79. The predicted octanol–water partition coefficient (Wildman–Crippen LogP) is 4.85. The highest BCUT2D eigenvalue weighted by Gasteiger charge is 2.18. The lowest BCUT2D eigenvalue weighted by Gasteiger charge is -2.27. The van der Waals surface area contributed by atoms with Crippen molar-refractivity contribution in [2.45, 2.75) is 6.42 Å². The van der Waals surface area contributed by atoms with Crippen LogP contribution in [0.15, 0.2) is 42.5 Å². The number of anilines is 2. The van der Waals surface area contributed by atoms with Gasteiger partial charge in [-0.2, -0.15) is 11.8 Å². The van der Waals surface area contributed by atoms with Crippen molar-refractivity contribution in [1.82, 2.24) is 4.90 Å². The molecule has 2 aromatic carbocycles. The van der Waals surface area contributed by atoms with E-state index in [1.54, 1.807) is 18.2 Å². The number of nitrogens with zero attached hydrogens (tertiary/aromatic N) is 1. The normalized spacial score (nSPS) is 14.5. The average molecular weight is 381 g/mol. The molecular weight excluding hydrogens is 363 g/mol. The van der Waals surface area contributed by atoms with E-state index in [1.807, 2.05) is 40.9 Å². The van der Waals surface area contributed by atoms with Gasteiger partial charge in [0.15, 0.2) is 0 Å². The Morgan fingerprint density at radius 3 is 2.42 bits per heavy atom. The second kappa shape index (κ2) is 8.15. The van der Waals surface area contributed by atoms with Crippen LogP contribution in [-0.4, -0.2) is 35.4 Å². The molecule has 1 aliphatic heterocycles. The number of carbonyl (C=O) groups excluding carboxylic acids is 1. The van der Waals surface area contributed by atoms with Crippen molar-refractivity contribution < 1.29 is 4.79 Å². The molecule has 0 aromatic heterocycles. The van der Waals surface area contributed by atoms with E-state index in [1.165, 1.54) is 0 Å². The van der Waals surface area contributed by atoms with Crippen molar-refractivity contribution in [2.24, 2.45) is 0 Å². The first-order valence-corrected chi connectivity index (χ1v) is 9.70. The first kappa shape index (κ1) is 17.5. The van der Waals surface area contributed by atoms with Gasteiger partial charge < -0.3 is 10.2 Å². The standard InChI is InChI=1S/C18H18Cl2N2OS/c19-14-5-3-6-15(20)18(14)21-16-7-2-1-4-13(16)12-17(23)22-8-10-24-11-9-22/h1-7,21H,8-12H2. The maximum Gasteiger partial charge on any atom is 0.227 e. The van der Waals surface area contributed by atoms with Gasteiger partial charge >= 0.3 is 0 Å². The molecule has 1 amide bonds. The van der Waals surface area contributed by atoms with Gasteiger partial charge in [0.05, 0.1) is 22.2 Å². The fourth-order valence-corrected chi connectivity index (χ4v) is 4.03. The molecule has 1 aliphatic rings. The van der Waals surface area contributed by atoms with Crippen LogP contribution < -0.4 is 5.32 Å². The fourth-order valence-electron chi connectivity index (χ4n) is 2.64. The molecule has 1 heterocycles. The molecule has 126 valence electrons. The van der Waals surface area contributed by atoms with Crippen LogP contribution in [0.3, 0.4) is 0 Å². The molecule has 0 radical (unpaired) electrons. The Balaban J connectivity index is 1.79. The predicted molar refractivity (Wildman–Crippen MR) is 104 cm³/mol. The largest absolute Gasteiger partial charge is 0.353 e. The van der Waals surface area contributed by atoms with E-state index in [0.29, 0.717) is 22.2 Å². The lowest BCUT2D eigenvalue weighted by molar-refractivity contribution is -0.130. The number of nitrogens with one attached hydrogen (secondary N) is 1. The number of hydrogen-bond donors (Lipinski definition) is 1. The van der Waals surface area contributed by atoms with Crippen LogP contribution >= 0.6 is 35.0 Å². The van der Waals surface area contributed by atoms with Gasteiger partial charge in [0, 0.05) is 30.3 Å². The van der Waals surface area contributed by atoms with Gasteiger partial charge in [-0.15, -0.1) is 0 Å². The van der Waals surface area contributed by atoms with Crippen LogP contribution in [0.2, 0.25) is 10.0 Å². The lowest BCUT2D eigenvalue weighted by atomic mass is 10.1. The second-order valence-corrected chi connectivity index (χ2v) is 7.59. The molecule has 6 heteroatoms. The first-order chi connectivity index (χ1) is 11.6. The minimum Gasteiger partial charge on any atom is -0.353 e. The van der Waals surface area contributed by atoms with Crippen LogP contribution in [0.25, 0.3) is 0 Å². The van der Waals surface area contributed by atoms with Crippen LogP contribution in [0.4, 0.5) is 11.4 Å². The number of amides is 1. The smallest absolute Gasteiger partial charge is 0.227 e. The van der Waals surface area contributed by atoms with E-state index in [9.17, 15) is 4.79 Å². The third-order valence-electron chi connectivity index (χ3n) is 3.95. The minimum atomic E-state index is 0.162. The summed E-state index contributed by atoms with van der Waals surface area (Å²) in [6.45, 7) is 1.66. The summed E-state index contributed by atoms with van der Waals surface area (Å²) in [6, 6.07) is 13.1. The summed E-state index contributed by atoms with van der Waals surface area (Å²) < 4.78 is 0. The Bertz CT molecular complexity index is 712. The Kier molecular flexibility index (Phi) is 5.93. The topological polar surface area (TPSA) is 32.3 Å². The zero-order valence-corrected chi connectivity index (χ0v) is 15.4. The van der Waals surface area contributed by atoms with E-state index in [2.05, 4.69) is 5.32 Å². The van der Waals surface area contributed by atoms with E-state index in [-0.39, 0.29) is 5.91 Å². The zero-order chi connectivity index (χ0) is 16.9. The summed E-state index contributed by atoms with van der Waals surface area (Å²) in [5.74, 6) is 2.19. The van der Waals surface area contributed by atoms with E-state index < -0.39 is 0 Å². The Morgan fingerprint density at radius 1 is 1.04 bits per heavy atom. The van der Waals surface area contributed by atoms with Crippen molar-refractivity contribution >= 4 is 52.2 Å². The van der Waals surface area contributed by atoms with Crippen molar-refractivity contribution in [3.8, 4) is 0 Å². The lowest BCUT2D eigenvalue weighted by Crippen LogP contribution is -2.38. The molecular formula is C18H18Cl2N2OS. The molecule has 1 saturated heterocycles. The van der Waals surface area contributed by atoms with Gasteiger partial charge in [-0.3, -0.25) is 4.79 Å². The summed E-state index contributed by atoms with van der Waals surface area (Å²) in [6.07, 6.45) is 0.371. The number of carbonyl (C=O) groups is 1. The van der Waals surface area contributed by atoms with Gasteiger partial charge in [0.1, 0.15) is 0 Å². The fraction of sp³-hybridized carbons (Fsp3) is 0.278. The van der Waals surface area contributed by atoms with Crippen LogP contribution in [0.5, 0.6) is 0 Å². The molecule has 0 bridgehead atoms. The van der Waals surface area contributed by atoms with Gasteiger partial charge in [-0.1, -0.05) is 47.5 Å². The number of thioether (sulfide) groups is 1. The van der Waals surface area contributed by atoms with Crippen molar-refractivity contribution in [3.05, 3.63) is 58.1 Å². The van der Waals surface area contributed by atoms with Crippen LogP contribution in [0.1, 0.15) is 5.56 Å².